The van der Waals surface area contributed by atoms with Crippen LogP contribution in [-0.2, 0) is 4.79 Å². The van der Waals surface area contributed by atoms with Crippen molar-refractivity contribution in [3.63, 3.8) is 0 Å². The smallest absolute Gasteiger partial charge is 0.244 e. The van der Waals surface area contributed by atoms with E-state index in [-0.39, 0.29) is 17.2 Å². The van der Waals surface area contributed by atoms with Gasteiger partial charge in [0.1, 0.15) is 11.5 Å². The lowest BCUT2D eigenvalue weighted by Gasteiger charge is -2.15. The first-order valence-corrected chi connectivity index (χ1v) is 7.00. The number of amides is 1. The van der Waals surface area contributed by atoms with Gasteiger partial charge in [0, 0.05) is 5.92 Å². The van der Waals surface area contributed by atoms with Gasteiger partial charge in [-0.1, -0.05) is 19.8 Å². The van der Waals surface area contributed by atoms with Gasteiger partial charge in [0.25, 0.3) is 0 Å². The maximum absolute atomic E-state index is 12.1. The molecule has 1 amide bonds. The SMILES string of the molecule is Cc1ccc(C=NNC(=O)[C@@H]2[C@@H]3CCCC[C@]23C)o1. The highest BCUT2D eigenvalue weighted by Crippen LogP contribution is 2.66. The normalized spacial score (nSPS) is 33.2. The number of aryl methyl sites for hydroxylation is 1. The van der Waals surface area contributed by atoms with Gasteiger partial charge in [-0.2, -0.15) is 5.10 Å². The molecular formula is C15H20N2O2. The Hall–Kier alpha value is -1.58. The van der Waals surface area contributed by atoms with Gasteiger partial charge >= 0.3 is 0 Å². The predicted molar refractivity (Wildman–Crippen MR) is 72.7 cm³/mol. The summed E-state index contributed by atoms with van der Waals surface area (Å²) >= 11 is 0. The standard InChI is InChI=1S/C15H20N2O2/c1-10-6-7-11(19-10)9-16-17-14(18)13-12-5-3-4-8-15(12,13)2/h6-7,9,12-13H,3-5,8H2,1-2H3,(H,17,18)/t12-,13-,15-/m0/s1. The molecule has 0 saturated heterocycles. The maximum atomic E-state index is 12.1. The van der Waals surface area contributed by atoms with E-state index in [0.717, 1.165) is 5.76 Å². The summed E-state index contributed by atoms with van der Waals surface area (Å²) in [6.45, 7) is 4.12. The van der Waals surface area contributed by atoms with Crippen molar-refractivity contribution >= 4 is 12.1 Å². The number of hydrazone groups is 1. The molecule has 2 aliphatic carbocycles. The molecule has 3 rings (SSSR count). The fraction of sp³-hybridized carbons (Fsp3) is 0.600. The third-order valence-electron chi connectivity index (χ3n) is 4.74. The number of fused-ring (bicyclic) bond motifs is 1. The highest BCUT2D eigenvalue weighted by molar-refractivity contribution is 5.85. The van der Waals surface area contributed by atoms with Crippen molar-refractivity contribution in [3.05, 3.63) is 23.7 Å². The van der Waals surface area contributed by atoms with Crippen LogP contribution in [0.15, 0.2) is 21.7 Å². The van der Waals surface area contributed by atoms with Crippen molar-refractivity contribution < 1.29 is 9.21 Å². The minimum absolute atomic E-state index is 0.0638. The predicted octanol–water partition coefficient (Wildman–Crippen LogP) is 2.86. The van der Waals surface area contributed by atoms with Crippen LogP contribution < -0.4 is 5.43 Å². The Balaban J connectivity index is 1.56. The number of hydrogen-bond acceptors (Lipinski definition) is 3. The molecule has 19 heavy (non-hydrogen) atoms. The van der Waals surface area contributed by atoms with Crippen molar-refractivity contribution in [2.24, 2.45) is 22.4 Å². The van der Waals surface area contributed by atoms with Crippen molar-refractivity contribution in [1.29, 1.82) is 0 Å². The second-order valence-corrected chi connectivity index (χ2v) is 6.02. The van der Waals surface area contributed by atoms with E-state index in [4.69, 9.17) is 4.42 Å². The second kappa shape index (κ2) is 4.51. The largest absolute Gasteiger partial charge is 0.460 e. The minimum atomic E-state index is 0.0638. The van der Waals surface area contributed by atoms with Crippen molar-refractivity contribution in [1.82, 2.24) is 5.43 Å². The molecule has 0 spiro atoms. The zero-order valence-electron chi connectivity index (χ0n) is 11.5. The van der Waals surface area contributed by atoms with E-state index in [1.165, 1.54) is 25.7 Å². The molecule has 0 aromatic carbocycles. The number of nitrogens with one attached hydrogen (secondary N) is 1. The van der Waals surface area contributed by atoms with E-state index in [9.17, 15) is 4.79 Å². The fourth-order valence-corrected chi connectivity index (χ4v) is 3.60. The molecule has 2 saturated carbocycles. The molecule has 1 N–H and O–H groups in total. The zero-order valence-corrected chi connectivity index (χ0v) is 11.5. The van der Waals surface area contributed by atoms with E-state index in [0.29, 0.717) is 11.7 Å². The first-order chi connectivity index (χ1) is 9.11. The van der Waals surface area contributed by atoms with Crippen LogP contribution in [0.2, 0.25) is 0 Å². The Labute approximate surface area is 113 Å². The van der Waals surface area contributed by atoms with Gasteiger partial charge in [-0.05, 0) is 43.2 Å². The Kier molecular flexibility index (Phi) is 2.96. The van der Waals surface area contributed by atoms with Gasteiger partial charge in [-0.25, -0.2) is 5.43 Å². The molecule has 0 radical (unpaired) electrons. The highest BCUT2D eigenvalue weighted by atomic mass is 16.3. The van der Waals surface area contributed by atoms with Gasteiger partial charge in [0.15, 0.2) is 0 Å². The van der Waals surface area contributed by atoms with Crippen LogP contribution in [0.4, 0.5) is 0 Å². The zero-order chi connectivity index (χ0) is 13.5. The lowest BCUT2D eigenvalue weighted by atomic mass is 9.90. The van der Waals surface area contributed by atoms with Gasteiger partial charge in [-0.15, -0.1) is 0 Å². The summed E-state index contributed by atoms with van der Waals surface area (Å²) in [5.74, 6) is 2.30. The lowest BCUT2D eigenvalue weighted by Crippen LogP contribution is -2.22. The number of hydrogen-bond donors (Lipinski definition) is 1. The number of nitrogens with zero attached hydrogens (tertiary/aromatic N) is 1. The van der Waals surface area contributed by atoms with Crippen molar-refractivity contribution in [2.45, 2.75) is 39.5 Å². The Morgan fingerprint density at radius 1 is 1.53 bits per heavy atom. The molecule has 4 nitrogen and oxygen atoms in total. The molecule has 2 fully saturated rings. The lowest BCUT2D eigenvalue weighted by molar-refractivity contribution is -0.123. The maximum Gasteiger partial charge on any atom is 0.244 e. The average molecular weight is 260 g/mol. The summed E-state index contributed by atoms with van der Waals surface area (Å²) in [5, 5.41) is 3.99. The first kappa shape index (κ1) is 12.5. The molecule has 1 aromatic heterocycles. The summed E-state index contributed by atoms with van der Waals surface area (Å²) in [6, 6.07) is 3.71. The molecule has 0 bridgehead atoms. The number of furan rings is 1. The summed E-state index contributed by atoms with van der Waals surface area (Å²) in [5.41, 5.74) is 2.89. The van der Waals surface area contributed by atoms with E-state index in [1.54, 1.807) is 6.21 Å². The van der Waals surface area contributed by atoms with E-state index in [1.807, 2.05) is 19.1 Å². The first-order valence-electron chi connectivity index (χ1n) is 7.00. The van der Waals surface area contributed by atoms with E-state index in [2.05, 4.69) is 17.5 Å². The number of carbonyl (C=O) groups is 1. The van der Waals surface area contributed by atoms with Crippen LogP contribution in [0.3, 0.4) is 0 Å². The highest BCUT2D eigenvalue weighted by Gasteiger charge is 2.64. The minimum Gasteiger partial charge on any atom is -0.460 e. The quantitative estimate of drug-likeness (QED) is 0.671. The monoisotopic (exact) mass is 260 g/mol. The molecule has 1 heterocycles. The van der Waals surface area contributed by atoms with Crippen LogP contribution in [0.25, 0.3) is 0 Å². The van der Waals surface area contributed by atoms with Crippen molar-refractivity contribution in [3.8, 4) is 0 Å². The molecule has 0 unspecified atom stereocenters. The summed E-state index contributed by atoms with van der Waals surface area (Å²) < 4.78 is 5.36. The molecule has 2 aliphatic rings. The van der Waals surface area contributed by atoms with Crippen LogP contribution >= 0.6 is 0 Å². The molecule has 1 aromatic rings. The second-order valence-electron chi connectivity index (χ2n) is 6.02. The topological polar surface area (TPSA) is 54.6 Å². The number of rotatable bonds is 3. The molecule has 102 valence electrons. The molecule has 0 aliphatic heterocycles. The van der Waals surface area contributed by atoms with Gasteiger partial charge in [0.2, 0.25) is 5.91 Å². The number of carbonyl (C=O) groups excluding carboxylic acids is 1. The fourth-order valence-electron chi connectivity index (χ4n) is 3.60. The third kappa shape index (κ3) is 2.20. The summed E-state index contributed by atoms with van der Waals surface area (Å²) in [4.78, 5) is 12.1. The molecule has 3 atom stereocenters. The van der Waals surface area contributed by atoms with Crippen LogP contribution in [0.5, 0.6) is 0 Å². The van der Waals surface area contributed by atoms with Crippen molar-refractivity contribution in [2.75, 3.05) is 0 Å². The van der Waals surface area contributed by atoms with E-state index < -0.39 is 0 Å². The van der Waals surface area contributed by atoms with Gasteiger partial charge in [-0.3, -0.25) is 4.79 Å². The van der Waals surface area contributed by atoms with Crippen LogP contribution in [0, 0.1) is 24.2 Å². The van der Waals surface area contributed by atoms with Crippen LogP contribution in [-0.4, -0.2) is 12.1 Å². The molecular weight excluding hydrogens is 240 g/mol. The van der Waals surface area contributed by atoms with Gasteiger partial charge in [0.05, 0.1) is 6.21 Å². The third-order valence-corrected chi connectivity index (χ3v) is 4.74. The average Bonchev–Trinajstić information content (AvgIpc) is 2.81. The Morgan fingerprint density at radius 2 is 2.37 bits per heavy atom. The molecule has 4 heteroatoms. The summed E-state index contributed by atoms with van der Waals surface area (Å²) in [6.07, 6.45) is 6.44. The Morgan fingerprint density at radius 3 is 3.00 bits per heavy atom. The summed E-state index contributed by atoms with van der Waals surface area (Å²) in [7, 11) is 0. The Bertz CT molecular complexity index is 520. The van der Waals surface area contributed by atoms with Crippen LogP contribution in [0.1, 0.15) is 44.1 Å². The van der Waals surface area contributed by atoms with E-state index >= 15 is 0 Å². The van der Waals surface area contributed by atoms with Gasteiger partial charge < -0.3 is 4.42 Å².